The molecule has 0 saturated heterocycles. The summed E-state index contributed by atoms with van der Waals surface area (Å²) in [6.45, 7) is 1.76. The molecule has 0 heterocycles. The average molecular weight is 225 g/mol. The first-order valence-corrected chi connectivity index (χ1v) is 4.62. The lowest BCUT2D eigenvalue weighted by molar-refractivity contribution is 0.612. The topological polar surface area (TPSA) is 0 Å². The molecule has 1 rings (SSSR count). The summed E-state index contributed by atoms with van der Waals surface area (Å²) in [7, 11) is 0. The Morgan fingerprint density at radius 3 is 2.50 bits per heavy atom. The molecule has 1 atom stereocenters. The predicted molar refractivity (Wildman–Crippen MR) is 53.8 cm³/mol. The second-order valence-corrected chi connectivity index (χ2v) is 4.09. The third kappa shape index (κ3) is 2.06. The van der Waals surface area contributed by atoms with Crippen LogP contribution >= 0.6 is 35.8 Å². The molecule has 0 aliphatic carbocycles. The molecule has 0 aliphatic rings. The van der Waals surface area contributed by atoms with E-state index >= 15 is 0 Å². The quantitative estimate of drug-likeness (QED) is 0.539. The van der Waals surface area contributed by atoms with Crippen LogP contribution in [0.4, 0.5) is 4.39 Å². The van der Waals surface area contributed by atoms with Crippen LogP contribution < -0.4 is 0 Å². The predicted octanol–water partition coefficient (Wildman–Crippen LogP) is 4.12. The highest BCUT2D eigenvalue weighted by Gasteiger charge is 2.11. The summed E-state index contributed by atoms with van der Waals surface area (Å²) in [5, 5.41) is 0.261. The maximum absolute atomic E-state index is 13.2. The summed E-state index contributed by atoms with van der Waals surface area (Å²) in [5.74, 6) is -0.441. The van der Waals surface area contributed by atoms with Gasteiger partial charge in [-0.25, -0.2) is 4.39 Å². The molecule has 0 radical (unpaired) electrons. The van der Waals surface area contributed by atoms with E-state index in [9.17, 15) is 4.39 Å². The van der Waals surface area contributed by atoms with E-state index in [0.717, 1.165) is 0 Å². The molecule has 0 bridgehead atoms. The van der Waals surface area contributed by atoms with Crippen molar-refractivity contribution >= 4 is 35.8 Å². The maximum atomic E-state index is 13.2. The van der Waals surface area contributed by atoms with E-state index in [1.807, 2.05) is 0 Å². The summed E-state index contributed by atoms with van der Waals surface area (Å²) < 4.78 is 13.2. The van der Waals surface area contributed by atoms with Gasteiger partial charge in [0, 0.05) is 15.8 Å². The lowest BCUT2D eigenvalue weighted by Crippen LogP contribution is -1.91. The molecule has 66 valence electrons. The van der Waals surface area contributed by atoms with Crippen LogP contribution in [0.3, 0.4) is 0 Å². The molecule has 0 aromatic heterocycles. The number of thiol groups is 1. The minimum Gasteiger partial charge on any atom is -0.205 e. The first kappa shape index (κ1) is 10.2. The van der Waals surface area contributed by atoms with Crippen molar-refractivity contribution in [3.05, 3.63) is 33.6 Å². The molecule has 4 heteroatoms. The number of halogens is 3. The Bertz CT molecular complexity index is 299. The van der Waals surface area contributed by atoms with Gasteiger partial charge in [-0.3, -0.25) is 0 Å². The van der Waals surface area contributed by atoms with Gasteiger partial charge >= 0.3 is 0 Å². The van der Waals surface area contributed by atoms with Crippen LogP contribution in [0.5, 0.6) is 0 Å². The van der Waals surface area contributed by atoms with Crippen molar-refractivity contribution in [1.29, 1.82) is 0 Å². The van der Waals surface area contributed by atoms with Gasteiger partial charge in [-0.05, 0) is 19.1 Å². The Balaban J connectivity index is 3.28. The molecule has 12 heavy (non-hydrogen) atoms. The van der Waals surface area contributed by atoms with E-state index in [4.69, 9.17) is 23.2 Å². The Labute approximate surface area is 86.1 Å². The molecule has 0 aliphatic heterocycles. The maximum Gasteiger partial charge on any atom is 0.146 e. The van der Waals surface area contributed by atoms with Gasteiger partial charge in [0.1, 0.15) is 5.82 Å². The molecular weight excluding hydrogens is 218 g/mol. The molecule has 0 N–H and O–H groups in total. The number of hydrogen-bond acceptors (Lipinski definition) is 1. The fraction of sp³-hybridized carbons (Fsp3) is 0.250. The lowest BCUT2D eigenvalue weighted by Gasteiger charge is -2.07. The van der Waals surface area contributed by atoms with Crippen molar-refractivity contribution in [1.82, 2.24) is 0 Å². The van der Waals surface area contributed by atoms with Crippen molar-refractivity contribution in [3.63, 3.8) is 0 Å². The summed E-state index contributed by atoms with van der Waals surface area (Å²) in [5.41, 5.74) is 0.427. The minimum atomic E-state index is -0.441. The van der Waals surface area contributed by atoms with E-state index in [1.165, 1.54) is 12.1 Å². The molecule has 1 aromatic rings. The summed E-state index contributed by atoms with van der Waals surface area (Å²) in [6.07, 6.45) is 0. The first-order chi connectivity index (χ1) is 5.52. The molecule has 0 spiro atoms. The van der Waals surface area contributed by atoms with Gasteiger partial charge in [0.2, 0.25) is 0 Å². The van der Waals surface area contributed by atoms with E-state index in [1.54, 1.807) is 6.92 Å². The van der Waals surface area contributed by atoms with Gasteiger partial charge in [-0.1, -0.05) is 23.2 Å². The largest absolute Gasteiger partial charge is 0.205 e. The molecular formula is C8H7Cl2FS. The normalized spacial score (nSPS) is 13.1. The Kier molecular flexibility index (Phi) is 3.27. The van der Waals surface area contributed by atoms with Gasteiger partial charge in [0.25, 0.3) is 0 Å². The molecule has 1 unspecified atom stereocenters. The molecule has 0 saturated carbocycles. The van der Waals surface area contributed by atoms with Crippen LogP contribution in [0.15, 0.2) is 12.1 Å². The van der Waals surface area contributed by atoms with Crippen LogP contribution in [-0.2, 0) is 0 Å². The SMILES string of the molecule is CC(S)c1cc(Cl)cc(Cl)c1F. The third-order valence-corrected chi connectivity index (χ3v) is 2.24. The van der Waals surface area contributed by atoms with Gasteiger partial charge in [-0.2, -0.15) is 12.6 Å². The van der Waals surface area contributed by atoms with Gasteiger partial charge in [0.15, 0.2) is 0 Å². The highest BCUT2D eigenvalue weighted by molar-refractivity contribution is 7.80. The van der Waals surface area contributed by atoms with Gasteiger partial charge in [-0.15, -0.1) is 0 Å². The lowest BCUT2D eigenvalue weighted by atomic mass is 10.1. The number of rotatable bonds is 1. The summed E-state index contributed by atoms with van der Waals surface area (Å²) in [4.78, 5) is 0. The van der Waals surface area contributed by atoms with Crippen LogP contribution in [0.1, 0.15) is 17.7 Å². The zero-order chi connectivity index (χ0) is 9.30. The number of hydrogen-bond donors (Lipinski definition) is 1. The summed E-state index contributed by atoms with van der Waals surface area (Å²) >= 11 is 15.3. The smallest absolute Gasteiger partial charge is 0.146 e. The highest BCUT2D eigenvalue weighted by Crippen LogP contribution is 2.30. The van der Waals surface area contributed by atoms with Crippen LogP contribution in [0.25, 0.3) is 0 Å². The van der Waals surface area contributed by atoms with Crippen LogP contribution in [0, 0.1) is 5.82 Å². The summed E-state index contributed by atoms with van der Waals surface area (Å²) in [6, 6.07) is 2.90. The molecule has 0 nitrogen and oxygen atoms in total. The standard InChI is InChI=1S/C8H7Cl2FS/c1-4(12)6-2-5(9)3-7(10)8(6)11/h2-4,12H,1H3. The Morgan fingerprint density at radius 2 is 2.00 bits per heavy atom. The molecule has 1 aromatic carbocycles. The fourth-order valence-electron chi connectivity index (χ4n) is 0.880. The van der Waals surface area contributed by atoms with Crippen molar-refractivity contribution in [3.8, 4) is 0 Å². The van der Waals surface area contributed by atoms with E-state index in [2.05, 4.69) is 12.6 Å². The highest BCUT2D eigenvalue weighted by atomic mass is 35.5. The average Bonchev–Trinajstić information content (AvgIpc) is 1.96. The Morgan fingerprint density at radius 1 is 1.42 bits per heavy atom. The first-order valence-electron chi connectivity index (χ1n) is 3.35. The Hall–Kier alpha value is 0.0800. The zero-order valence-corrected chi connectivity index (χ0v) is 8.72. The van der Waals surface area contributed by atoms with Crippen molar-refractivity contribution < 1.29 is 4.39 Å². The second kappa shape index (κ2) is 3.86. The monoisotopic (exact) mass is 224 g/mol. The minimum absolute atomic E-state index is 0.0402. The van der Waals surface area contributed by atoms with E-state index in [0.29, 0.717) is 10.6 Å². The van der Waals surface area contributed by atoms with E-state index < -0.39 is 5.82 Å². The fourth-order valence-corrected chi connectivity index (χ4v) is 1.58. The van der Waals surface area contributed by atoms with Crippen molar-refractivity contribution in [2.24, 2.45) is 0 Å². The second-order valence-electron chi connectivity index (χ2n) is 2.47. The molecule has 0 fully saturated rings. The zero-order valence-electron chi connectivity index (χ0n) is 6.31. The van der Waals surface area contributed by atoms with Crippen molar-refractivity contribution in [2.45, 2.75) is 12.2 Å². The third-order valence-electron chi connectivity index (χ3n) is 1.47. The number of benzene rings is 1. The van der Waals surface area contributed by atoms with Gasteiger partial charge < -0.3 is 0 Å². The van der Waals surface area contributed by atoms with Crippen molar-refractivity contribution in [2.75, 3.05) is 0 Å². The van der Waals surface area contributed by atoms with Crippen LogP contribution in [-0.4, -0.2) is 0 Å². The van der Waals surface area contributed by atoms with Gasteiger partial charge in [0.05, 0.1) is 5.02 Å². The molecule has 0 amide bonds. The van der Waals surface area contributed by atoms with Crippen LogP contribution in [0.2, 0.25) is 10.0 Å². The van der Waals surface area contributed by atoms with E-state index in [-0.39, 0.29) is 10.3 Å².